The van der Waals surface area contributed by atoms with Crippen molar-refractivity contribution in [3.05, 3.63) is 71.8 Å². The van der Waals surface area contributed by atoms with E-state index in [2.05, 4.69) is 0 Å². The highest BCUT2D eigenvalue weighted by atomic mass is 32.2. The number of hydrogen-bond acceptors (Lipinski definition) is 8. The lowest BCUT2D eigenvalue weighted by Gasteiger charge is -2.33. The normalized spacial score (nSPS) is 15.1. The van der Waals surface area contributed by atoms with E-state index >= 15 is 0 Å². The van der Waals surface area contributed by atoms with Crippen molar-refractivity contribution in [2.75, 3.05) is 25.7 Å². The Balaban J connectivity index is 2.28. The largest absolute Gasteiger partial charge is 0.368 e. The van der Waals surface area contributed by atoms with Gasteiger partial charge < -0.3 is 9.47 Å². The van der Waals surface area contributed by atoms with Gasteiger partial charge in [-0.3, -0.25) is 8.37 Å². The van der Waals surface area contributed by atoms with E-state index in [0.29, 0.717) is 0 Å². The fourth-order valence-electron chi connectivity index (χ4n) is 3.27. The van der Waals surface area contributed by atoms with Crippen molar-refractivity contribution in [1.29, 1.82) is 0 Å². The maximum Gasteiger partial charge on any atom is 0.264 e. The maximum atomic E-state index is 12.0. The minimum absolute atomic E-state index is 0.260. The molecule has 2 rings (SSSR count). The summed E-state index contributed by atoms with van der Waals surface area (Å²) in [5, 5.41) is 0. The summed E-state index contributed by atoms with van der Waals surface area (Å²) in [6, 6.07) is 18.7. The fraction of sp³-hybridized carbons (Fsp3) is 0.500. The topological polar surface area (TPSA) is 105 Å². The second-order valence-corrected chi connectivity index (χ2v) is 12.3. The Morgan fingerprint density at radius 1 is 0.618 bits per heavy atom. The Hall–Kier alpha value is -1.82. The first-order chi connectivity index (χ1) is 15.6. The molecule has 0 saturated heterocycles. The van der Waals surface area contributed by atoms with Gasteiger partial charge in [-0.25, -0.2) is 0 Å². The van der Waals surface area contributed by atoms with Gasteiger partial charge in [-0.05, 0) is 38.8 Å². The van der Waals surface area contributed by atoms with Gasteiger partial charge in [0.15, 0.2) is 0 Å². The van der Waals surface area contributed by atoms with Crippen LogP contribution in [0.3, 0.4) is 0 Å². The molecule has 0 aliphatic heterocycles. The second-order valence-electron chi connectivity index (χ2n) is 9.05. The van der Waals surface area contributed by atoms with Gasteiger partial charge in [0.05, 0.1) is 36.9 Å². The van der Waals surface area contributed by atoms with Crippen molar-refractivity contribution < 1.29 is 34.7 Å². The monoisotopic (exact) mass is 514 g/mol. The summed E-state index contributed by atoms with van der Waals surface area (Å²) < 4.78 is 70.5. The lowest BCUT2D eigenvalue weighted by atomic mass is 9.98. The summed E-state index contributed by atoms with van der Waals surface area (Å²) in [6.45, 7) is 6.76. The van der Waals surface area contributed by atoms with E-state index in [1.165, 1.54) is 0 Å². The quantitative estimate of drug-likeness (QED) is 0.374. The highest BCUT2D eigenvalue weighted by Crippen LogP contribution is 2.28. The molecule has 0 fully saturated rings. The van der Waals surface area contributed by atoms with E-state index in [1.54, 1.807) is 0 Å². The van der Waals surface area contributed by atoms with Crippen LogP contribution in [0.1, 0.15) is 38.8 Å². The Labute approximate surface area is 203 Å². The summed E-state index contributed by atoms with van der Waals surface area (Å²) in [5.41, 5.74) is 0.102. The van der Waals surface area contributed by atoms with Gasteiger partial charge in [-0.1, -0.05) is 60.7 Å². The average molecular weight is 515 g/mol. The van der Waals surface area contributed by atoms with Crippen LogP contribution in [-0.2, 0) is 49.3 Å². The van der Waals surface area contributed by atoms with Crippen LogP contribution in [-0.4, -0.2) is 54.8 Å². The standard InChI is InChI=1S/C24H34O8S2/c1-23(2,19-13-9-7-10-14-19)29-17-21(31-33(5,25)26)22(32-34(6,27)28)18-30-24(3,4)20-15-11-8-12-16-20/h7-16,21-22H,17-18H2,1-6H3/t21-,22-/m0/s1. The van der Waals surface area contributed by atoms with E-state index < -0.39 is 43.6 Å². The molecule has 0 N–H and O–H groups in total. The molecule has 0 unspecified atom stereocenters. The van der Waals surface area contributed by atoms with Crippen LogP contribution in [0.4, 0.5) is 0 Å². The Morgan fingerprint density at radius 3 is 1.18 bits per heavy atom. The van der Waals surface area contributed by atoms with Crippen molar-refractivity contribution in [3.63, 3.8) is 0 Å². The zero-order valence-corrected chi connectivity index (χ0v) is 22.1. The van der Waals surface area contributed by atoms with Crippen molar-refractivity contribution >= 4 is 20.2 Å². The van der Waals surface area contributed by atoms with Gasteiger partial charge in [0, 0.05) is 0 Å². The molecule has 0 amide bonds. The summed E-state index contributed by atoms with van der Waals surface area (Å²) in [6.07, 6.45) is -0.790. The van der Waals surface area contributed by atoms with E-state index in [0.717, 1.165) is 23.6 Å². The number of hydrogen-bond donors (Lipinski definition) is 0. The van der Waals surface area contributed by atoms with Gasteiger partial charge in [0.25, 0.3) is 20.2 Å². The zero-order valence-electron chi connectivity index (χ0n) is 20.4. The van der Waals surface area contributed by atoms with Gasteiger partial charge >= 0.3 is 0 Å². The lowest BCUT2D eigenvalue weighted by Crippen LogP contribution is -2.44. The van der Waals surface area contributed by atoms with Crippen molar-refractivity contribution in [1.82, 2.24) is 0 Å². The molecule has 0 spiro atoms. The molecule has 2 atom stereocenters. The third-order valence-corrected chi connectivity index (χ3v) is 6.36. The summed E-state index contributed by atoms with van der Waals surface area (Å²) >= 11 is 0. The fourth-order valence-corrected chi connectivity index (χ4v) is 4.53. The second kappa shape index (κ2) is 11.3. The van der Waals surface area contributed by atoms with Crippen LogP contribution >= 0.6 is 0 Å². The third-order valence-electron chi connectivity index (χ3n) is 5.17. The molecule has 34 heavy (non-hydrogen) atoms. The molecule has 0 aromatic heterocycles. The molecule has 0 saturated carbocycles. The molecule has 0 aliphatic carbocycles. The van der Waals surface area contributed by atoms with Gasteiger partial charge in [0.2, 0.25) is 0 Å². The molecule has 2 aromatic carbocycles. The molecule has 8 nitrogen and oxygen atoms in total. The predicted octanol–water partition coefficient (Wildman–Crippen LogP) is 3.58. The van der Waals surface area contributed by atoms with Crippen LogP contribution in [0.25, 0.3) is 0 Å². The van der Waals surface area contributed by atoms with Crippen molar-refractivity contribution in [2.24, 2.45) is 0 Å². The van der Waals surface area contributed by atoms with E-state index in [4.69, 9.17) is 17.8 Å². The third kappa shape index (κ3) is 9.44. The molecule has 190 valence electrons. The minimum Gasteiger partial charge on any atom is -0.368 e. The summed E-state index contributed by atoms with van der Waals surface area (Å²) in [4.78, 5) is 0. The lowest BCUT2D eigenvalue weighted by molar-refractivity contribution is -0.113. The maximum absolute atomic E-state index is 12.0. The van der Waals surface area contributed by atoms with E-state index in [9.17, 15) is 16.8 Å². The first-order valence-corrected chi connectivity index (χ1v) is 14.4. The first-order valence-electron chi connectivity index (χ1n) is 10.7. The summed E-state index contributed by atoms with van der Waals surface area (Å²) in [5.74, 6) is 0. The smallest absolute Gasteiger partial charge is 0.264 e. The van der Waals surface area contributed by atoms with Gasteiger partial charge in [-0.15, -0.1) is 0 Å². The molecule has 0 heterocycles. The molecule has 0 radical (unpaired) electrons. The predicted molar refractivity (Wildman–Crippen MR) is 130 cm³/mol. The Bertz CT molecular complexity index is 1020. The van der Waals surface area contributed by atoms with Gasteiger partial charge in [0.1, 0.15) is 12.2 Å². The SMILES string of the molecule is CC(C)(OC[C@H](OS(C)(=O)=O)[C@H](COC(C)(C)c1ccccc1)OS(C)(=O)=O)c1ccccc1. The summed E-state index contributed by atoms with van der Waals surface area (Å²) in [7, 11) is -7.95. The molecule has 10 heteroatoms. The van der Waals surface area contributed by atoms with E-state index in [-0.39, 0.29) is 13.2 Å². The van der Waals surface area contributed by atoms with Crippen LogP contribution in [0, 0.1) is 0 Å². The highest BCUT2D eigenvalue weighted by Gasteiger charge is 2.35. The van der Waals surface area contributed by atoms with E-state index in [1.807, 2.05) is 88.4 Å². The van der Waals surface area contributed by atoms with Gasteiger partial charge in [-0.2, -0.15) is 16.8 Å². The number of benzene rings is 2. The van der Waals surface area contributed by atoms with Crippen LogP contribution < -0.4 is 0 Å². The molecular formula is C24H34O8S2. The number of rotatable bonds is 13. The molecule has 0 bridgehead atoms. The first kappa shape index (κ1) is 28.4. The molecule has 0 aliphatic rings. The van der Waals surface area contributed by atoms with Crippen LogP contribution in [0.2, 0.25) is 0 Å². The Morgan fingerprint density at radius 2 is 0.912 bits per heavy atom. The Kier molecular flexibility index (Phi) is 9.43. The van der Waals surface area contributed by atoms with Crippen LogP contribution in [0.5, 0.6) is 0 Å². The minimum atomic E-state index is -3.97. The highest BCUT2D eigenvalue weighted by molar-refractivity contribution is 7.86. The average Bonchev–Trinajstić information content (AvgIpc) is 2.74. The van der Waals surface area contributed by atoms with Crippen molar-refractivity contribution in [3.8, 4) is 0 Å². The van der Waals surface area contributed by atoms with Crippen LogP contribution in [0.15, 0.2) is 60.7 Å². The van der Waals surface area contributed by atoms with Crippen molar-refractivity contribution in [2.45, 2.75) is 51.1 Å². The molecular weight excluding hydrogens is 480 g/mol. The zero-order chi connectivity index (χ0) is 25.6. The number of ether oxygens (including phenoxy) is 2. The molecule has 2 aromatic rings.